The molecule has 0 aliphatic heterocycles. The van der Waals surface area contributed by atoms with E-state index in [1.54, 1.807) is 20.1 Å². The second-order valence-corrected chi connectivity index (χ2v) is 6.59. The van der Waals surface area contributed by atoms with Crippen LogP contribution >= 0.6 is 0 Å². The van der Waals surface area contributed by atoms with Gasteiger partial charge >= 0.3 is 0 Å². The summed E-state index contributed by atoms with van der Waals surface area (Å²) in [6, 6.07) is 15.3. The highest BCUT2D eigenvalue weighted by molar-refractivity contribution is 6.03. The van der Waals surface area contributed by atoms with Crippen molar-refractivity contribution in [2.24, 2.45) is 0 Å². The van der Waals surface area contributed by atoms with E-state index < -0.39 is 0 Å². The highest BCUT2D eigenvalue weighted by Gasteiger charge is 2.12. The second kappa shape index (κ2) is 8.52. The van der Waals surface area contributed by atoms with Crippen molar-refractivity contribution in [3.8, 4) is 5.75 Å². The average Bonchev–Trinajstić information content (AvgIpc) is 2.70. The molecule has 3 rings (SSSR count). The third kappa shape index (κ3) is 4.65. The van der Waals surface area contributed by atoms with Gasteiger partial charge in [-0.25, -0.2) is 9.97 Å². The molecule has 0 aliphatic carbocycles. The summed E-state index contributed by atoms with van der Waals surface area (Å²) >= 11 is 0. The average molecular weight is 376 g/mol. The van der Waals surface area contributed by atoms with Crippen molar-refractivity contribution >= 4 is 17.4 Å². The SMILES string of the molecule is COc1ccc(CNc2cc(C(=O)Nc3cccc(C)c3C)nc(C)n2)cc1. The summed E-state index contributed by atoms with van der Waals surface area (Å²) in [5, 5.41) is 6.18. The molecule has 0 fully saturated rings. The summed E-state index contributed by atoms with van der Waals surface area (Å²) in [7, 11) is 1.64. The number of benzene rings is 2. The van der Waals surface area contributed by atoms with E-state index in [1.165, 1.54) is 0 Å². The number of methoxy groups -OCH3 is 1. The molecule has 0 spiro atoms. The maximum absolute atomic E-state index is 12.7. The van der Waals surface area contributed by atoms with Crippen LogP contribution in [-0.4, -0.2) is 23.0 Å². The molecule has 0 saturated carbocycles. The van der Waals surface area contributed by atoms with Crippen molar-refractivity contribution in [3.63, 3.8) is 0 Å². The van der Waals surface area contributed by atoms with Crippen LogP contribution in [0.5, 0.6) is 5.75 Å². The van der Waals surface area contributed by atoms with Gasteiger partial charge in [-0.3, -0.25) is 4.79 Å². The number of carbonyl (C=O) groups is 1. The normalized spacial score (nSPS) is 10.4. The van der Waals surface area contributed by atoms with E-state index in [2.05, 4.69) is 20.6 Å². The molecule has 2 aromatic carbocycles. The van der Waals surface area contributed by atoms with E-state index in [9.17, 15) is 4.79 Å². The summed E-state index contributed by atoms with van der Waals surface area (Å²) in [4.78, 5) is 21.3. The van der Waals surface area contributed by atoms with Gasteiger partial charge in [0.2, 0.25) is 0 Å². The minimum atomic E-state index is -0.258. The molecule has 0 radical (unpaired) electrons. The fourth-order valence-electron chi connectivity index (χ4n) is 2.78. The van der Waals surface area contributed by atoms with Gasteiger partial charge in [-0.05, 0) is 55.7 Å². The van der Waals surface area contributed by atoms with E-state index in [-0.39, 0.29) is 5.91 Å². The summed E-state index contributed by atoms with van der Waals surface area (Å²) in [6.07, 6.45) is 0. The van der Waals surface area contributed by atoms with Gasteiger partial charge in [0.05, 0.1) is 7.11 Å². The number of nitrogens with one attached hydrogen (secondary N) is 2. The molecule has 1 heterocycles. The van der Waals surface area contributed by atoms with E-state index in [0.717, 1.165) is 28.1 Å². The molecule has 3 aromatic rings. The number of hydrogen-bond acceptors (Lipinski definition) is 5. The van der Waals surface area contributed by atoms with Crippen LogP contribution in [0.3, 0.4) is 0 Å². The van der Waals surface area contributed by atoms with Crippen molar-refractivity contribution < 1.29 is 9.53 Å². The molecule has 0 saturated heterocycles. The van der Waals surface area contributed by atoms with Crippen LogP contribution in [0.1, 0.15) is 33.0 Å². The third-order valence-corrected chi connectivity index (χ3v) is 4.56. The first-order valence-electron chi connectivity index (χ1n) is 9.06. The van der Waals surface area contributed by atoms with Crippen molar-refractivity contribution in [3.05, 3.63) is 76.7 Å². The minimum Gasteiger partial charge on any atom is -0.497 e. The van der Waals surface area contributed by atoms with E-state index in [1.807, 2.05) is 56.3 Å². The van der Waals surface area contributed by atoms with Gasteiger partial charge in [0, 0.05) is 18.3 Å². The largest absolute Gasteiger partial charge is 0.497 e. The Morgan fingerprint density at radius 2 is 1.79 bits per heavy atom. The molecule has 0 bridgehead atoms. The van der Waals surface area contributed by atoms with Crippen LogP contribution in [0.4, 0.5) is 11.5 Å². The van der Waals surface area contributed by atoms with Gasteiger partial charge in [0.15, 0.2) is 0 Å². The van der Waals surface area contributed by atoms with Crippen LogP contribution in [0.25, 0.3) is 0 Å². The number of ether oxygens (including phenoxy) is 1. The van der Waals surface area contributed by atoms with Crippen molar-refractivity contribution in [2.45, 2.75) is 27.3 Å². The fraction of sp³-hybridized carbons (Fsp3) is 0.227. The Morgan fingerprint density at radius 3 is 2.50 bits per heavy atom. The summed E-state index contributed by atoms with van der Waals surface area (Å²) in [6.45, 7) is 6.35. The Hall–Kier alpha value is -3.41. The fourth-order valence-corrected chi connectivity index (χ4v) is 2.78. The molecule has 1 amide bonds. The predicted octanol–water partition coefficient (Wildman–Crippen LogP) is 4.27. The molecule has 0 unspecified atom stereocenters. The standard InChI is InChI=1S/C22H24N4O2/c1-14-6-5-7-19(15(14)2)26-22(27)20-12-21(25-16(3)24-20)23-13-17-8-10-18(28-4)11-9-17/h5-12H,13H2,1-4H3,(H,26,27)(H,23,24,25). The van der Waals surface area contributed by atoms with Crippen LogP contribution in [0.2, 0.25) is 0 Å². The van der Waals surface area contributed by atoms with Crippen LogP contribution < -0.4 is 15.4 Å². The van der Waals surface area contributed by atoms with Gasteiger partial charge in [-0.15, -0.1) is 0 Å². The number of amides is 1. The van der Waals surface area contributed by atoms with E-state index >= 15 is 0 Å². The maximum atomic E-state index is 12.7. The number of aryl methyl sites for hydroxylation is 2. The van der Waals surface area contributed by atoms with E-state index in [4.69, 9.17) is 4.74 Å². The Labute approximate surface area is 165 Å². The van der Waals surface area contributed by atoms with Crippen molar-refractivity contribution in [2.75, 3.05) is 17.7 Å². The first kappa shape index (κ1) is 19.4. The Balaban J connectivity index is 1.73. The molecule has 1 aromatic heterocycles. The monoisotopic (exact) mass is 376 g/mol. The van der Waals surface area contributed by atoms with Gasteiger partial charge in [-0.1, -0.05) is 24.3 Å². The lowest BCUT2D eigenvalue weighted by Gasteiger charge is -2.12. The van der Waals surface area contributed by atoms with Crippen molar-refractivity contribution in [1.29, 1.82) is 0 Å². The number of rotatable bonds is 6. The Kier molecular flexibility index (Phi) is 5.89. The summed E-state index contributed by atoms with van der Waals surface area (Å²) < 4.78 is 5.17. The van der Waals surface area contributed by atoms with Gasteiger partial charge < -0.3 is 15.4 Å². The molecule has 28 heavy (non-hydrogen) atoms. The zero-order valence-corrected chi connectivity index (χ0v) is 16.5. The topological polar surface area (TPSA) is 76.1 Å². The zero-order valence-electron chi connectivity index (χ0n) is 16.5. The van der Waals surface area contributed by atoms with Crippen LogP contribution in [-0.2, 0) is 6.54 Å². The first-order chi connectivity index (χ1) is 13.5. The Morgan fingerprint density at radius 1 is 1.04 bits per heavy atom. The molecule has 0 atom stereocenters. The summed E-state index contributed by atoms with van der Waals surface area (Å²) in [5.74, 6) is 1.69. The Bertz CT molecular complexity index is 984. The number of nitrogens with zero attached hydrogens (tertiary/aromatic N) is 2. The number of aromatic nitrogens is 2. The van der Waals surface area contributed by atoms with Crippen LogP contribution in [0, 0.1) is 20.8 Å². The lowest BCUT2D eigenvalue weighted by atomic mass is 10.1. The lowest BCUT2D eigenvalue weighted by Crippen LogP contribution is -2.16. The molecular weight excluding hydrogens is 352 g/mol. The third-order valence-electron chi connectivity index (χ3n) is 4.56. The minimum absolute atomic E-state index is 0.258. The lowest BCUT2D eigenvalue weighted by molar-refractivity contribution is 0.102. The van der Waals surface area contributed by atoms with Gasteiger partial charge in [-0.2, -0.15) is 0 Å². The van der Waals surface area contributed by atoms with Gasteiger partial charge in [0.1, 0.15) is 23.1 Å². The highest BCUT2D eigenvalue weighted by atomic mass is 16.5. The van der Waals surface area contributed by atoms with E-state index in [0.29, 0.717) is 23.9 Å². The summed E-state index contributed by atoms with van der Waals surface area (Å²) in [5.41, 5.74) is 4.36. The molecule has 6 heteroatoms. The maximum Gasteiger partial charge on any atom is 0.274 e. The first-order valence-corrected chi connectivity index (χ1v) is 9.06. The molecule has 2 N–H and O–H groups in total. The predicted molar refractivity (Wildman–Crippen MR) is 111 cm³/mol. The van der Waals surface area contributed by atoms with Crippen LogP contribution in [0.15, 0.2) is 48.5 Å². The van der Waals surface area contributed by atoms with Crippen molar-refractivity contribution in [1.82, 2.24) is 9.97 Å². The molecule has 144 valence electrons. The quantitative estimate of drug-likeness (QED) is 0.672. The number of anilines is 2. The molecule has 6 nitrogen and oxygen atoms in total. The zero-order chi connectivity index (χ0) is 20.1. The molecular formula is C22H24N4O2. The number of hydrogen-bond donors (Lipinski definition) is 2. The smallest absolute Gasteiger partial charge is 0.274 e. The van der Waals surface area contributed by atoms with Gasteiger partial charge in [0.25, 0.3) is 5.91 Å². The second-order valence-electron chi connectivity index (χ2n) is 6.59. The highest BCUT2D eigenvalue weighted by Crippen LogP contribution is 2.19. The number of carbonyl (C=O) groups excluding carboxylic acids is 1. The molecule has 0 aliphatic rings.